The molecule has 21 heavy (non-hydrogen) atoms. The lowest BCUT2D eigenvalue weighted by Gasteiger charge is -2.28. The number of halogens is 1. The first-order valence-electron chi connectivity index (χ1n) is 6.97. The molecule has 0 amide bonds. The highest BCUT2D eigenvalue weighted by Gasteiger charge is 2.27. The second-order valence-corrected chi connectivity index (χ2v) is 7.59. The van der Waals surface area contributed by atoms with Crippen LogP contribution in [0.3, 0.4) is 0 Å². The fourth-order valence-corrected chi connectivity index (χ4v) is 4.42. The van der Waals surface area contributed by atoms with Crippen LogP contribution in [-0.4, -0.2) is 27.7 Å². The number of nitrogens with two attached hydrogens (primary N) is 1. The van der Waals surface area contributed by atoms with E-state index in [1.807, 2.05) is 6.92 Å². The molecular weight excluding hydrogens is 312 g/mol. The van der Waals surface area contributed by atoms with Crippen molar-refractivity contribution in [1.29, 1.82) is 0 Å². The normalized spacial score (nSPS) is 18.6. The van der Waals surface area contributed by atoms with E-state index in [0.717, 1.165) is 18.4 Å². The Morgan fingerprint density at radius 1 is 1.38 bits per heavy atom. The van der Waals surface area contributed by atoms with Crippen LogP contribution in [0.15, 0.2) is 17.0 Å². The van der Waals surface area contributed by atoms with Gasteiger partial charge in [-0.05, 0) is 50.3 Å². The zero-order valence-electron chi connectivity index (χ0n) is 12.2. The van der Waals surface area contributed by atoms with Crippen LogP contribution in [0.2, 0.25) is 5.02 Å². The number of rotatable bonds is 4. The molecule has 0 radical (unpaired) electrons. The number of aryl methyl sites for hydroxylation is 1. The number of nitrogens with one attached hydrogen (secondary N) is 1. The van der Waals surface area contributed by atoms with Crippen LogP contribution in [-0.2, 0) is 14.8 Å². The average molecular weight is 333 g/mol. The van der Waals surface area contributed by atoms with Gasteiger partial charge in [0, 0.05) is 24.9 Å². The van der Waals surface area contributed by atoms with Gasteiger partial charge in [-0.2, -0.15) is 0 Å². The number of hydrogen-bond acceptors (Lipinski definition) is 4. The first kappa shape index (κ1) is 16.5. The molecule has 1 atom stereocenters. The Morgan fingerprint density at radius 2 is 2.00 bits per heavy atom. The van der Waals surface area contributed by atoms with Crippen molar-refractivity contribution < 1.29 is 13.2 Å². The Bertz CT molecular complexity index is 613. The highest BCUT2D eigenvalue weighted by molar-refractivity contribution is 7.89. The van der Waals surface area contributed by atoms with E-state index >= 15 is 0 Å². The Balaban J connectivity index is 2.20. The fourth-order valence-electron chi connectivity index (χ4n) is 2.49. The van der Waals surface area contributed by atoms with Crippen LogP contribution in [0, 0.1) is 12.8 Å². The van der Waals surface area contributed by atoms with Crippen molar-refractivity contribution >= 4 is 27.3 Å². The van der Waals surface area contributed by atoms with Gasteiger partial charge in [-0.1, -0.05) is 11.6 Å². The minimum absolute atomic E-state index is 0.0335. The van der Waals surface area contributed by atoms with Crippen molar-refractivity contribution in [3.8, 4) is 0 Å². The smallest absolute Gasteiger partial charge is 0.242 e. The van der Waals surface area contributed by atoms with Gasteiger partial charge in [0.1, 0.15) is 4.90 Å². The predicted octanol–water partition coefficient (Wildman–Crippen LogP) is 2.32. The molecule has 3 N–H and O–H groups in total. The molecule has 0 aliphatic carbocycles. The summed E-state index contributed by atoms with van der Waals surface area (Å²) < 4.78 is 33.0. The number of sulfonamides is 1. The number of nitrogen functional groups attached to an aromatic ring is 1. The predicted molar refractivity (Wildman–Crippen MR) is 83.9 cm³/mol. The second kappa shape index (κ2) is 6.52. The third-order valence-corrected chi connectivity index (χ3v) is 5.95. The molecule has 1 aromatic rings. The third-order valence-electron chi connectivity index (χ3n) is 3.92. The fraction of sp³-hybridized carbons (Fsp3) is 0.571. The van der Waals surface area contributed by atoms with Gasteiger partial charge in [0.15, 0.2) is 0 Å². The van der Waals surface area contributed by atoms with E-state index in [9.17, 15) is 8.42 Å². The van der Waals surface area contributed by atoms with Crippen LogP contribution >= 0.6 is 11.6 Å². The first-order chi connectivity index (χ1) is 9.81. The van der Waals surface area contributed by atoms with Crippen molar-refractivity contribution in [1.82, 2.24) is 4.72 Å². The van der Waals surface area contributed by atoms with Gasteiger partial charge in [-0.25, -0.2) is 13.1 Å². The monoisotopic (exact) mass is 332 g/mol. The van der Waals surface area contributed by atoms with E-state index in [-0.39, 0.29) is 21.9 Å². The molecule has 1 aliphatic heterocycles. The van der Waals surface area contributed by atoms with Crippen LogP contribution < -0.4 is 10.5 Å². The van der Waals surface area contributed by atoms with Gasteiger partial charge < -0.3 is 10.5 Å². The van der Waals surface area contributed by atoms with Crippen molar-refractivity contribution in [2.24, 2.45) is 5.92 Å². The Morgan fingerprint density at radius 3 is 2.62 bits per heavy atom. The van der Waals surface area contributed by atoms with Crippen molar-refractivity contribution in [3.05, 3.63) is 22.7 Å². The average Bonchev–Trinajstić information content (AvgIpc) is 2.43. The summed E-state index contributed by atoms with van der Waals surface area (Å²) in [5.41, 5.74) is 6.97. The van der Waals surface area contributed by atoms with Crippen molar-refractivity contribution in [2.45, 2.75) is 37.6 Å². The Labute approximate surface area is 130 Å². The maximum absolute atomic E-state index is 12.5. The van der Waals surface area contributed by atoms with Gasteiger partial charge in [0.2, 0.25) is 10.0 Å². The molecule has 0 saturated carbocycles. The molecule has 5 nitrogen and oxygen atoms in total. The minimum atomic E-state index is -3.68. The Hall–Kier alpha value is -0.820. The maximum atomic E-state index is 12.5. The molecule has 118 valence electrons. The lowest BCUT2D eigenvalue weighted by molar-refractivity contribution is 0.0585. The number of ether oxygens (including phenoxy) is 1. The lowest BCUT2D eigenvalue weighted by atomic mass is 9.94. The topological polar surface area (TPSA) is 81.4 Å². The first-order valence-corrected chi connectivity index (χ1v) is 8.83. The molecule has 1 aromatic carbocycles. The number of anilines is 1. The molecular formula is C14H21ClN2O3S. The summed E-state index contributed by atoms with van der Waals surface area (Å²) in [6, 6.07) is 2.82. The van der Waals surface area contributed by atoms with E-state index in [0.29, 0.717) is 18.9 Å². The van der Waals surface area contributed by atoms with Gasteiger partial charge in [-0.15, -0.1) is 0 Å². The van der Waals surface area contributed by atoms with E-state index in [1.54, 1.807) is 13.0 Å². The minimum Gasteiger partial charge on any atom is -0.398 e. The summed E-state index contributed by atoms with van der Waals surface area (Å²) in [5.74, 6) is 0.273. The summed E-state index contributed by atoms with van der Waals surface area (Å²) in [6.07, 6.45) is 1.71. The molecule has 1 aliphatic rings. The maximum Gasteiger partial charge on any atom is 0.242 e. The van der Waals surface area contributed by atoms with Gasteiger partial charge in [-0.3, -0.25) is 0 Å². The number of hydrogen-bond donors (Lipinski definition) is 2. The van der Waals surface area contributed by atoms with Gasteiger partial charge in [0.25, 0.3) is 0 Å². The van der Waals surface area contributed by atoms with Crippen LogP contribution in [0.5, 0.6) is 0 Å². The van der Waals surface area contributed by atoms with E-state index in [1.165, 1.54) is 6.07 Å². The van der Waals surface area contributed by atoms with Gasteiger partial charge in [0.05, 0.1) is 5.02 Å². The second-order valence-electron chi connectivity index (χ2n) is 5.50. The molecule has 7 heteroatoms. The van der Waals surface area contributed by atoms with Crippen molar-refractivity contribution in [2.75, 3.05) is 18.9 Å². The SMILES string of the molecule is Cc1cc(Cl)c(S(=O)(=O)NC(C)C2CCOCC2)cc1N. The van der Waals surface area contributed by atoms with E-state index in [4.69, 9.17) is 22.1 Å². The van der Waals surface area contributed by atoms with Crippen LogP contribution in [0.1, 0.15) is 25.3 Å². The largest absolute Gasteiger partial charge is 0.398 e. The molecule has 0 spiro atoms. The molecule has 1 unspecified atom stereocenters. The molecule has 1 fully saturated rings. The molecule has 1 heterocycles. The zero-order chi connectivity index (χ0) is 15.6. The molecule has 2 rings (SSSR count). The summed E-state index contributed by atoms with van der Waals surface area (Å²) in [7, 11) is -3.68. The molecule has 1 saturated heterocycles. The highest BCUT2D eigenvalue weighted by Crippen LogP contribution is 2.28. The third kappa shape index (κ3) is 3.88. The summed E-state index contributed by atoms with van der Waals surface area (Å²) in [6.45, 7) is 5.01. The quantitative estimate of drug-likeness (QED) is 0.829. The van der Waals surface area contributed by atoms with Gasteiger partial charge >= 0.3 is 0 Å². The standard InChI is InChI=1S/C14H21ClN2O3S/c1-9-7-12(15)14(8-13(9)16)21(18,19)17-10(2)11-3-5-20-6-4-11/h7-8,10-11,17H,3-6,16H2,1-2H3. The summed E-state index contributed by atoms with van der Waals surface area (Å²) >= 11 is 6.06. The van der Waals surface area contributed by atoms with Crippen LogP contribution in [0.25, 0.3) is 0 Å². The summed E-state index contributed by atoms with van der Waals surface area (Å²) in [5, 5.41) is 0.188. The van der Waals surface area contributed by atoms with Crippen LogP contribution in [0.4, 0.5) is 5.69 Å². The molecule has 0 bridgehead atoms. The Kier molecular flexibility index (Phi) is 5.14. The highest BCUT2D eigenvalue weighted by atomic mass is 35.5. The lowest BCUT2D eigenvalue weighted by Crippen LogP contribution is -2.40. The number of benzene rings is 1. The zero-order valence-corrected chi connectivity index (χ0v) is 13.8. The molecule has 0 aromatic heterocycles. The van der Waals surface area contributed by atoms with Crippen molar-refractivity contribution in [3.63, 3.8) is 0 Å². The summed E-state index contributed by atoms with van der Waals surface area (Å²) in [4.78, 5) is 0.0335. The van der Waals surface area contributed by atoms with E-state index < -0.39 is 10.0 Å². The van der Waals surface area contributed by atoms with E-state index in [2.05, 4.69) is 4.72 Å².